The third-order valence-corrected chi connectivity index (χ3v) is 4.62. The number of nitrogens with two attached hydrogens (primary N) is 1. The van der Waals surface area contributed by atoms with E-state index in [4.69, 9.17) is 10.5 Å². The van der Waals surface area contributed by atoms with Crippen molar-refractivity contribution >= 4 is 44.0 Å². The van der Waals surface area contributed by atoms with Crippen molar-refractivity contribution in [2.24, 2.45) is 0 Å². The van der Waals surface area contributed by atoms with Gasteiger partial charge in [0.25, 0.3) is 0 Å². The van der Waals surface area contributed by atoms with Gasteiger partial charge in [0.05, 0.1) is 21.9 Å². The first-order chi connectivity index (χ1) is 8.06. The number of hydrogen-bond donors (Lipinski definition) is 1. The standard InChI is InChI=1S/C11H12BrNO3S/c1-2-16-11(15)7-5-3-4-6(12)8(14)9(5)17-10(7)13/h6H,2-4,13H2,1H3. The monoisotopic (exact) mass is 317 g/mol. The van der Waals surface area contributed by atoms with E-state index in [1.165, 1.54) is 11.3 Å². The van der Waals surface area contributed by atoms with Gasteiger partial charge >= 0.3 is 5.97 Å². The van der Waals surface area contributed by atoms with Crippen molar-refractivity contribution in [2.75, 3.05) is 12.3 Å². The number of rotatable bonds is 2. The van der Waals surface area contributed by atoms with Gasteiger partial charge in [0.2, 0.25) is 0 Å². The highest BCUT2D eigenvalue weighted by Crippen LogP contribution is 2.38. The molecule has 0 amide bonds. The van der Waals surface area contributed by atoms with Crippen LogP contribution in [-0.4, -0.2) is 23.2 Å². The zero-order valence-corrected chi connectivity index (χ0v) is 11.7. The largest absolute Gasteiger partial charge is 0.462 e. The molecule has 0 bridgehead atoms. The summed E-state index contributed by atoms with van der Waals surface area (Å²) in [7, 11) is 0. The van der Waals surface area contributed by atoms with Gasteiger partial charge in [-0.05, 0) is 25.3 Å². The molecule has 0 saturated carbocycles. The quantitative estimate of drug-likeness (QED) is 0.671. The number of ether oxygens (including phenoxy) is 1. The number of carbonyl (C=O) groups is 2. The van der Waals surface area contributed by atoms with E-state index in [2.05, 4.69) is 15.9 Å². The van der Waals surface area contributed by atoms with Gasteiger partial charge in [-0.3, -0.25) is 4.79 Å². The fourth-order valence-electron chi connectivity index (χ4n) is 1.89. The zero-order chi connectivity index (χ0) is 12.6. The van der Waals surface area contributed by atoms with E-state index in [0.29, 0.717) is 34.9 Å². The number of fused-ring (bicyclic) bond motifs is 1. The normalized spacial score (nSPS) is 18.9. The molecule has 1 aliphatic carbocycles. The Morgan fingerprint density at radius 3 is 3.00 bits per heavy atom. The Morgan fingerprint density at radius 2 is 2.35 bits per heavy atom. The molecule has 17 heavy (non-hydrogen) atoms. The van der Waals surface area contributed by atoms with Crippen LogP contribution in [0.3, 0.4) is 0 Å². The van der Waals surface area contributed by atoms with Gasteiger partial charge in [-0.25, -0.2) is 4.79 Å². The summed E-state index contributed by atoms with van der Waals surface area (Å²) in [6.07, 6.45) is 1.37. The van der Waals surface area contributed by atoms with Crippen LogP contribution in [0.15, 0.2) is 0 Å². The smallest absolute Gasteiger partial charge is 0.341 e. The van der Waals surface area contributed by atoms with Gasteiger partial charge in [0.15, 0.2) is 5.78 Å². The van der Waals surface area contributed by atoms with Crippen LogP contribution in [0.2, 0.25) is 0 Å². The number of hydrogen-bond acceptors (Lipinski definition) is 5. The van der Waals surface area contributed by atoms with E-state index in [0.717, 1.165) is 5.56 Å². The summed E-state index contributed by atoms with van der Waals surface area (Å²) in [5, 5.41) is 0.378. The van der Waals surface area contributed by atoms with E-state index in [-0.39, 0.29) is 10.6 Å². The number of esters is 1. The van der Waals surface area contributed by atoms with Crippen LogP contribution in [0.25, 0.3) is 0 Å². The summed E-state index contributed by atoms with van der Waals surface area (Å²) in [5.74, 6) is -0.415. The summed E-state index contributed by atoms with van der Waals surface area (Å²) in [4.78, 5) is 24.1. The number of thiophene rings is 1. The lowest BCUT2D eigenvalue weighted by Gasteiger charge is -2.16. The number of alkyl halides is 1. The molecule has 0 saturated heterocycles. The maximum Gasteiger partial charge on any atom is 0.341 e. The average Bonchev–Trinajstić information content (AvgIpc) is 2.61. The molecule has 92 valence electrons. The Bertz CT molecular complexity index is 483. The fourth-order valence-corrected chi connectivity index (χ4v) is 3.60. The first-order valence-electron chi connectivity index (χ1n) is 5.32. The molecular weight excluding hydrogens is 306 g/mol. The van der Waals surface area contributed by atoms with Gasteiger partial charge in [0, 0.05) is 0 Å². The number of carbonyl (C=O) groups excluding carboxylic acids is 2. The molecule has 0 radical (unpaired) electrons. The van der Waals surface area contributed by atoms with E-state index in [9.17, 15) is 9.59 Å². The maximum absolute atomic E-state index is 11.9. The number of anilines is 1. The number of ketones is 1. The first kappa shape index (κ1) is 12.6. The second-order valence-electron chi connectivity index (χ2n) is 3.74. The van der Waals surface area contributed by atoms with Crippen molar-refractivity contribution < 1.29 is 14.3 Å². The van der Waals surface area contributed by atoms with Crippen LogP contribution in [0.4, 0.5) is 5.00 Å². The molecule has 1 aromatic heterocycles. The predicted octanol–water partition coefficient (Wildman–Crippen LogP) is 2.40. The molecule has 1 unspecified atom stereocenters. The lowest BCUT2D eigenvalue weighted by atomic mass is 9.94. The van der Waals surface area contributed by atoms with Crippen LogP contribution in [0.5, 0.6) is 0 Å². The van der Waals surface area contributed by atoms with Crippen LogP contribution in [0.1, 0.15) is 38.9 Å². The third-order valence-electron chi connectivity index (χ3n) is 2.67. The van der Waals surface area contributed by atoms with E-state index < -0.39 is 5.97 Å². The van der Waals surface area contributed by atoms with Crippen LogP contribution >= 0.6 is 27.3 Å². The Labute approximate surface area is 111 Å². The third kappa shape index (κ3) is 2.11. The Morgan fingerprint density at radius 1 is 1.65 bits per heavy atom. The zero-order valence-electron chi connectivity index (χ0n) is 9.29. The molecule has 0 aromatic carbocycles. The molecule has 1 atom stereocenters. The molecular formula is C11H12BrNO3S. The van der Waals surface area contributed by atoms with E-state index in [1.54, 1.807) is 6.92 Å². The highest BCUT2D eigenvalue weighted by atomic mass is 79.9. The number of nitrogen functional groups attached to an aromatic ring is 1. The van der Waals surface area contributed by atoms with Crippen molar-refractivity contribution in [1.29, 1.82) is 0 Å². The van der Waals surface area contributed by atoms with E-state index in [1.807, 2.05) is 0 Å². The topological polar surface area (TPSA) is 69.4 Å². The molecule has 4 nitrogen and oxygen atoms in total. The Hall–Kier alpha value is -0.880. The minimum atomic E-state index is -0.427. The van der Waals surface area contributed by atoms with Gasteiger partial charge in [-0.2, -0.15) is 0 Å². The molecule has 2 N–H and O–H groups in total. The van der Waals surface area contributed by atoms with Crippen molar-refractivity contribution in [3.8, 4) is 0 Å². The minimum absolute atomic E-state index is 0.0125. The van der Waals surface area contributed by atoms with Gasteiger partial charge < -0.3 is 10.5 Å². The summed E-state index contributed by atoms with van der Waals surface area (Å²) in [6, 6.07) is 0. The molecule has 1 aliphatic rings. The first-order valence-corrected chi connectivity index (χ1v) is 7.06. The second-order valence-corrected chi connectivity index (χ2v) is 5.90. The molecule has 0 spiro atoms. The second kappa shape index (κ2) is 4.78. The molecule has 0 fully saturated rings. The van der Waals surface area contributed by atoms with Crippen molar-refractivity contribution in [3.05, 3.63) is 16.0 Å². The highest BCUT2D eigenvalue weighted by molar-refractivity contribution is 9.10. The Kier molecular flexibility index (Phi) is 3.53. The summed E-state index contributed by atoms with van der Waals surface area (Å²) < 4.78 is 4.96. The number of Topliss-reactive ketones (excluding diaryl/α,β-unsaturated/α-hetero) is 1. The van der Waals surface area contributed by atoms with E-state index >= 15 is 0 Å². The van der Waals surface area contributed by atoms with Crippen LogP contribution < -0.4 is 5.73 Å². The lowest BCUT2D eigenvalue weighted by Crippen LogP contribution is -2.22. The SMILES string of the molecule is CCOC(=O)c1c(N)sc2c1CCC(Br)C2=O. The lowest BCUT2D eigenvalue weighted by molar-refractivity contribution is 0.0527. The summed E-state index contributed by atoms with van der Waals surface area (Å²) in [6.45, 7) is 2.05. The summed E-state index contributed by atoms with van der Waals surface area (Å²) in [5.41, 5.74) is 6.95. The van der Waals surface area contributed by atoms with Crippen LogP contribution in [-0.2, 0) is 11.2 Å². The predicted molar refractivity (Wildman–Crippen MR) is 70.1 cm³/mol. The number of halogens is 1. The van der Waals surface area contributed by atoms with Crippen molar-refractivity contribution in [3.63, 3.8) is 0 Å². The fraction of sp³-hybridized carbons (Fsp3) is 0.455. The maximum atomic E-state index is 11.9. The molecule has 6 heteroatoms. The molecule has 0 aliphatic heterocycles. The van der Waals surface area contributed by atoms with Gasteiger partial charge in [-0.1, -0.05) is 15.9 Å². The van der Waals surface area contributed by atoms with Crippen molar-refractivity contribution in [2.45, 2.75) is 24.6 Å². The highest BCUT2D eigenvalue weighted by Gasteiger charge is 2.33. The van der Waals surface area contributed by atoms with Crippen LogP contribution in [0, 0.1) is 0 Å². The molecule has 2 rings (SSSR count). The van der Waals surface area contributed by atoms with Gasteiger partial charge in [0.1, 0.15) is 5.00 Å². The Balaban J connectivity index is 2.46. The van der Waals surface area contributed by atoms with Gasteiger partial charge in [-0.15, -0.1) is 11.3 Å². The van der Waals surface area contributed by atoms with Crippen molar-refractivity contribution in [1.82, 2.24) is 0 Å². The average molecular weight is 318 g/mol. The molecule has 1 aromatic rings. The minimum Gasteiger partial charge on any atom is -0.462 e. The summed E-state index contributed by atoms with van der Waals surface area (Å²) >= 11 is 4.51. The molecule has 1 heterocycles.